The molecule has 1 aromatic rings. The van der Waals surface area contributed by atoms with Crippen LogP contribution in [-0.4, -0.2) is 29.4 Å². The molecule has 134 valence electrons. The maximum absolute atomic E-state index is 13.6. The second-order valence-corrected chi connectivity index (χ2v) is 6.63. The molecule has 0 spiro atoms. The minimum absolute atomic E-state index is 0.0764. The van der Waals surface area contributed by atoms with Crippen molar-refractivity contribution in [1.29, 1.82) is 0 Å². The molecule has 3 amide bonds. The standard InChI is InChI=1S/C19H24FN3O2/c1-5-17(12(2)3)21-19(25)22-18-8-9-23(13(4)24)11-14-10-15(20)6-7-16(14)18/h1,6-7,10,12,17-18H,8-9,11H2,2-4H3,(H2,21,22,25)/t17-,18-/m1/s1. The Labute approximate surface area is 148 Å². The number of rotatable bonds is 3. The lowest BCUT2D eigenvalue weighted by molar-refractivity contribution is -0.129. The lowest BCUT2D eigenvalue weighted by atomic mass is 9.99. The highest BCUT2D eigenvalue weighted by atomic mass is 19.1. The highest BCUT2D eigenvalue weighted by Gasteiger charge is 2.26. The summed E-state index contributed by atoms with van der Waals surface area (Å²) in [6.45, 7) is 6.17. The predicted molar refractivity (Wildman–Crippen MR) is 94.0 cm³/mol. The molecular formula is C19H24FN3O2. The molecule has 0 fully saturated rings. The fraction of sp³-hybridized carbons (Fsp3) is 0.474. The second-order valence-electron chi connectivity index (χ2n) is 6.63. The minimum atomic E-state index is -0.368. The third-order valence-electron chi connectivity index (χ3n) is 4.41. The van der Waals surface area contributed by atoms with Crippen molar-refractivity contribution in [2.45, 2.75) is 45.8 Å². The lowest BCUT2D eigenvalue weighted by Gasteiger charge is -2.22. The molecular weight excluding hydrogens is 321 g/mol. The summed E-state index contributed by atoms with van der Waals surface area (Å²) in [6, 6.07) is 3.40. The van der Waals surface area contributed by atoms with Gasteiger partial charge in [-0.05, 0) is 35.6 Å². The van der Waals surface area contributed by atoms with Gasteiger partial charge in [0, 0.05) is 20.0 Å². The first-order valence-corrected chi connectivity index (χ1v) is 8.38. The topological polar surface area (TPSA) is 61.4 Å². The first-order valence-electron chi connectivity index (χ1n) is 8.38. The van der Waals surface area contributed by atoms with Crippen LogP contribution < -0.4 is 10.6 Å². The summed E-state index contributed by atoms with van der Waals surface area (Å²) in [7, 11) is 0. The Morgan fingerprint density at radius 1 is 1.40 bits per heavy atom. The van der Waals surface area contributed by atoms with E-state index in [0.29, 0.717) is 25.1 Å². The zero-order chi connectivity index (χ0) is 18.6. The number of hydrogen-bond acceptors (Lipinski definition) is 2. The highest BCUT2D eigenvalue weighted by Crippen LogP contribution is 2.27. The quantitative estimate of drug-likeness (QED) is 0.827. The van der Waals surface area contributed by atoms with Gasteiger partial charge in [-0.25, -0.2) is 9.18 Å². The molecule has 0 aliphatic carbocycles. The molecule has 1 aliphatic heterocycles. The Morgan fingerprint density at radius 3 is 2.72 bits per heavy atom. The second kappa shape index (κ2) is 8.02. The zero-order valence-electron chi connectivity index (χ0n) is 14.8. The summed E-state index contributed by atoms with van der Waals surface area (Å²) in [5.41, 5.74) is 1.53. The first-order chi connectivity index (χ1) is 11.8. The van der Waals surface area contributed by atoms with Crippen LogP contribution >= 0.6 is 0 Å². The van der Waals surface area contributed by atoms with Gasteiger partial charge < -0.3 is 15.5 Å². The number of carbonyl (C=O) groups is 2. The summed E-state index contributed by atoms with van der Waals surface area (Å²) in [4.78, 5) is 25.7. The van der Waals surface area contributed by atoms with Gasteiger partial charge in [0.15, 0.2) is 0 Å². The van der Waals surface area contributed by atoms with Crippen LogP contribution in [0.1, 0.15) is 44.4 Å². The van der Waals surface area contributed by atoms with Crippen LogP contribution in [0.2, 0.25) is 0 Å². The van der Waals surface area contributed by atoms with E-state index in [2.05, 4.69) is 16.6 Å². The number of carbonyl (C=O) groups excluding carboxylic acids is 2. The van der Waals surface area contributed by atoms with Gasteiger partial charge in [-0.3, -0.25) is 4.79 Å². The monoisotopic (exact) mass is 345 g/mol. The SMILES string of the molecule is C#C[C@@H](NC(=O)N[C@@H]1CCN(C(C)=O)Cc2cc(F)ccc21)C(C)C. The largest absolute Gasteiger partial charge is 0.339 e. The Balaban J connectivity index is 2.20. The smallest absolute Gasteiger partial charge is 0.316 e. The van der Waals surface area contributed by atoms with E-state index in [0.717, 1.165) is 5.56 Å². The molecule has 1 aromatic carbocycles. The number of fused-ring (bicyclic) bond motifs is 1. The molecule has 0 aromatic heterocycles. The van der Waals surface area contributed by atoms with E-state index >= 15 is 0 Å². The zero-order valence-corrected chi connectivity index (χ0v) is 14.8. The molecule has 0 saturated carbocycles. The van der Waals surface area contributed by atoms with E-state index in [1.807, 2.05) is 13.8 Å². The van der Waals surface area contributed by atoms with E-state index in [4.69, 9.17) is 6.42 Å². The third-order valence-corrected chi connectivity index (χ3v) is 4.41. The van der Waals surface area contributed by atoms with Crippen molar-refractivity contribution >= 4 is 11.9 Å². The van der Waals surface area contributed by atoms with E-state index in [1.165, 1.54) is 19.1 Å². The van der Waals surface area contributed by atoms with Gasteiger partial charge in [0.25, 0.3) is 0 Å². The highest BCUT2D eigenvalue weighted by molar-refractivity contribution is 5.76. The van der Waals surface area contributed by atoms with Gasteiger partial charge in [0.2, 0.25) is 5.91 Å². The van der Waals surface area contributed by atoms with Crippen LogP contribution in [-0.2, 0) is 11.3 Å². The van der Waals surface area contributed by atoms with Crippen molar-refractivity contribution in [2.75, 3.05) is 6.54 Å². The number of benzene rings is 1. The number of nitrogens with one attached hydrogen (secondary N) is 2. The minimum Gasteiger partial charge on any atom is -0.339 e. The van der Waals surface area contributed by atoms with E-state index in [9.17, 15) is 14.0 Å². The summed E-state index contributed by atoms with van der Waals surface area (Å²) in [6.07, 6.45) is 6.00. The molecule has 0 saturated heterocycles. The number of halogens is 1. The normalized spacial score (nSPS) is 17.9. The van der Waals surface area contributed by atoms with Crippen LogP contribution in [0.3, 0.4) is 0 Å². The van der Waals surface area contributed by atoms with Crippen LogP contribution in [0.25, 0.3) is 0 Å². The number of amides is 3. The number of nitrogens with zero attached hydrogens (tertiary/aromatic N) is 1. The fourth-order valence-electron chi connectivity index (χ4n) is 2.94. The summed E-state index contributed by atoms with van der Waals surface area (Å²) in [5.74, 6) is 2.23. The summed E-state index contributed by atoms with van der Waals surface area (Å²) in [5, 5.41) is 5.68. The van der Waals surface area contributed by atoms with E-state index in [1.54, 1.807) is 11.0 Å². The van der Waals surface area contributed by atoms with Crippen molar-refractivity contribution in [3.05, 3.63) is 35.1 Å². The van der Waals surface area contributed by atoms with Crippen LogP contribution in [0, 0.1) is 24.1 Å². The van der Waals surface area contributed by atoms with Crippen molar-refractivity contribution < 1.29 is 14.0 Å². The molecule has 25 heavy (non-hydrogen) atoms. The molecule has 1 heterocycles. The van der Waals surface area contributed by atoms with Gasteiger partial charge in [-0.1, -0.05) is 25.8 Å². The molecule has 0 unspecified atom stereocenters. The molecule has 0 radical (unpaired) electrons. The average molecular weight is 345 g/mol. The Kier molecular flexibility index (Phi) is 6.02. The number of terminal acetylenes is 1. The average Bonchev–Trinajstić information content (AvgIpc) is 2.71. The Morgan fingerprint density at radius 2 is 2.12 bits per heavy atom. The Bertz CT molecular complexity index is 696. The summed E-state index contributed by atoms with van der Waals surface area (Å²) >= 11 is 0. The number of hydrogen-bond donors (Lipinski definition) is 2. The van der Waals surface area contributed by atoms with E-state index in [-0.39, 0.29) is 35.8 Å². The molecule has 2 rings (SSSR count). The van der Waals surface area contributed by atoms with Crippen molar-refractivity contribution in [3.63, 3.8) is 0 Å². The predicted octanol–water partition coefficient (Wildman–Crippen LogP) is 2.58. The maximum Gasteiger partial charge on any atom is 0.316 e. The first kappa shape index (κ1) is 18.8. The van der Waals surface area contributed by atoms with Gasteiger partial charge in [0.1, 0.15) is 5.82 Å². The van der Waals surface area contributed by atoms with Crippen molar-refractivity contribution in [1.82, 2.24) is 15.5 Å². The van der Waals surface area contributed by atoms with Gasteiger partial charge >= 0.3 is 6.03 Å². The van der Waals surface area contributed by atoms with Crippen molar-refractivity contribution in [2.24, 2.45) is 5.92 Å². The Hall–Kier alpha value is -2.55. The third kappa shape index (κ3) is 4.72. The van der Waals surface area contributed by atoms with Crippen LogP contribution in [0.15, 0.2) is 18.2 Å². The molecule has 2 atom stereocenters. The van der Waals surface area contributed by atoms with Gasteiger partial charge in [0.05, 0.1) is 12.1 Å². The summed E-state index contributed by atoms with van der Waals surface area (Å²) < 4.78 is 13.6. The molecule has 1 aliphatic rings. The number of urea groups is 1. The van der Waals surface area contributed by atoms with Gasteiger partial charge in [-0.2, -0.15) is 0 Å². The van der Waals surface area contributed by atoms with Gasteiger partial charge in [-0.15, -0.1) is 6.42 Å². The molecule has 5 nitrogen and oxygen atoms in total. The molecule has 0 bridgehead atoms. The fourth-order valence-corrected chi connectivity index (χ4v) is 2.94. The molecule has 6 heteroatoms. The van der Waals surface area contributed by atoms with Crippen molar-refractivity contribution in [3.8, 4) is 12.3 Å². The molecule has 2 N–H and O–H groups in total. The van der Waals surface area contributed by atoms with Crippen LogP contribution in [0.4, 0.5) is 9.18 Å². The van der Waals surface area contributed by atoms with Crippen LogP contribution in [0.5, 0.6) is 0 Å². The maximum atomic E-state index is 13.6. The lowest BCUT2D eigenvalue weighted by Crippen LogP contribution is -2.45. The van der Waals surface area contributed by atoms with E-state index < -0.39 is 0 Å².